The molecule has 0 rings (SSSR count). The number of hydrogen-bond donors (Lipinski definition) is 2. The fourth-order valence-corrected chi connectivity index (χ4v) is 2.23. The molecule has 0 heterocycles. The lowest BCUT2D eigenvalue weighted by molar-refractivity contribution is -0.142. The van der Waals surface area contributed by atoms with E-state index in [0.29, 0.717) is 6.42 Å². The Hall–Kier alpha value is -0.710. The molecule has 1 amide bonds. The van der Waals surface area contributed by atoms with Gasteiger partial charge in [0.15, 0.2) is 0 Å². The second-order valence-electron chi connectivity index (χ2n) is 4.43. The maximum Gasteiger partial charge on any atom is 0.326 e. The van der Waals surface area contributed by atoms with Crippen LogP contribution >= 0.6 is 11.8 Å². The van der Waals surface area contributed by atoms with E-state index in [-0.39, 0.29) is 11.8 Å². The van der Waals surface area contributed by atoms with Crippen LogP contribution in [0.25, 0.3) is 0 Å². The summed E-state index contributed by atoms with van der Waals surface area (Å²) in [5, 5.41) is 11.7. The van der Waals surface area contributed by atoms with Gasteiger partial charge in [0.05, 0.1) is 0 Å². The molecule has 0 aromatic carbocycles. The summed E-state index contributed by atoms with van der Waals surface area (Å²) in [6.07, 6.45) is 6.07. The van der Waals surface area contributed by atoms with Gasteiger partial charge in [0.1, 0.15) is 6.04 Å². The van der Waals surface area contributed by atoms with Crippen molar-refractivity contribution in [2.75, 3.05) is 12.0 Å². The Morgan fingerprint density at radius 3 is 2.39 bits per heavy atom. The standard InChI is InChI=1S/C13H25NO3S/c1-4-6-7-10(5-2)12(15)14-11(13(16)17)8-9-18-3/h10-11H,4-9H2,1-3H3,(H,14,15)(H,16,17)/t10?,11-/m1/s1. The lowest BCUT2D eigenvalue weighted by Gasteiger charge is -2.19. The highest BCUT2D eigenvalue weighted by atomic mass is 32.2. The molecular formula is C13H25NO3S. The van der Waals surface area contributed by atoms with Gasteiger partial charge in [-0.05, 0) is 31.3 Å². The van der Waals surface area contributed by atoms with Crippen molar-refractivity contribution in [1.29, 1.82) is 0 Å². The Bertz CT molecular complexity index is 259. The van der Waals surface area contributed by atoms with Crippen LogP contribution in [0.4, 0.5) is 0 Å². The molecule has 0 aliphatic rings. The SMILES string of the molecule is CCCCC(CC)C(=O)N[C@H](CCSC)C(=O)O. The fraction of sp³-hybridized carbons (Fsp3) is 0.846. The van der Waals surface area contributed by atoms with Crippen LogP contribution in [0.15, 0.2) is 0 Å². The average Bonchev–Trinajstić information content (AvgIpc) is 2.34. The zero-order chi connectivity index (χ0) is 14.0. The van der Waals surface area contributed by atoms with E-state index in [1.807, 2.05) is 13.2 Å². The van der Waals surface area contributed by atoms with Gasteiger partial charge in [0, 0.05) is 5.92 Å². The molecule has 106 valence electrons. The summed E-state index contributed by atoms with van der Waals surface area (Å²) in [4.78, 5) is 23.0. The number of aliphatic carboxylic acids is 1. The normalized spacial score (nSPS) is 13.9. The molecular weight excluding hydrogens is 250 g/mol. The van der Waals surface area contributed by atoms with Gasteiger partial charge >= 0.3 is 5.97 Å². The van der Waals surface area contributed by atoms with Crippen LogP contribution in [0.2, 0.25) is 0 Å². The van der Waals surface area contributed by atoms with Gasteiger partial charge in [0.25, 0.3) is 0 Å². The number of carbonyl (C=O) groups excluding carboxylic acids is 1. The molecule has 0 saturated carbocycles. The molecule has 2 N–H and O–H groups in total. The molecule has 0 saturated heterocycles. The number of thioether (sulfide) groups is 1. The van der Waals surface area contributed by atoms with Crippen molar-refractivity contribution in [3.63, 3.8) is 0 Å². The molecule has 18 heavy (non-hydrogen) atoms. The average molecular weight is 275 g/mol. The van der Waals surface area contributed by atoms with Crippen LogP contribution in [0.3, 0.4) is 0 Å². The molecule has 1 unspecified atom stereocenters. The van der Waals surface area contributed by atoms with Crippen LogP contribution in [-0.4, -0.2) is 35.0 Å². The van der Waals surface area contributed by atoms with Gasteiger partial charge in [0.2, 0.25) is 5.91 Å². The number of unbranched alkanes of at least 4 members (excludes halogenated alkanes) is 1. The van der Waals surface area contributed by atoms with Gasteiger partial charge in [-0.1, -0.05) is 26.7 Å². The molecule has 0 aromatic heterocycles. The predicted molar refractivity (Wildman–Crippen MR) is 75.9 cm³/mol. The van der Waals surface area contributed by atoms with E-state index in [4.69, 9.17) is 5.11 Å². The summed E-state index contributed by atoms with van der Waals surface area (Å²) in [6.45, 7) is 4.06. The number of rotatable bonds is 10. The maximum absolute atomic E-state index is 12.0. The van der Waals surface area contributed by atoms with Crippen molar-refractivity contribution in [3.05, 3.63) is 0 Å². The third-order valence-corrected chi connectivity index (χ3v) is 3.64. The third-order valence-electron chi connectivity index (χ3n) is 2.99. The van der Waals surface area contributed by atoms with Crippen LogP contribution in [-0.2, 0) is 9.59 Å². The lowest BCUT2D eigenvalue weighted by atomic mass is 9.98. The minimum absolute atomic E-state index is 0.0546. The van der Waals surface area contributed by atoms with Crippen LogP contribution in [0.1, 0.15) is 46.0 Å². The van der Waals surface area contributed by atoms with Crippen molar-refractivity contribution in [3.8, 4) is 0 Å². The summed E-state index contributed by atoms with van der Waals surface area (Å²) in [6, 6.07) is -0.749. The Kier molecular flexibility index (Phi) is 9.83. The van der Waals surface area contributed by atoms with E-state index in [1.165, 1.54) is 0 Å². The molecule has 0 radical (unpaired) electrons. The molecule has 0 bridgehead atoms. The molecule has 0 spiro atoms. The molecule has 0 aromatic rings. The number of nitrogens with one attached hydrogen (secondary N) is 1. The van der Waals surface area contributed by atoms with E-state index in [0.717, 1.165) is 31.4 Å². The third kappa shape index (κ3) is 6.89. The number of hydrogen-bond acceptors (Lipinski definition) is 3. The monoisotopic (exact) mass is 275 g/mol. The quantitative estimate of drug-likeness (QED) is 0.643. The highest BCUT2D eigenvalue weighted by molar-refractivity contribution is 7.98. The molecule has 4 nitrogen and oxygen atoms in total. The fourth-order valence-electron chi connectivity index (χ4n) is 1.75. The van der Waals surface area contributed by atoms with Gasteiger partial charge in [-0.15, -0.1) is 0 Å². The van der Waals surface area contributed by atoms with E-state index >= 15 is 0 Å². The highest BCUT2D eigenvalue weighted by Crippen LogP contribution is 2.13. The smallest absolute Gasteiger partial charge is 0.326 e. The summed E-state index contributed by atoms with van der Waals surface area (Å²) >= 11 is 1.59. The molecule has 5 heteroatoms. The van der Waals surface area contributed by atoms with E-state index in [2.05, 4.69) is 12.2 Å². The van der Waals surface area contributed by atoms with Gasteiger partial charge < -0.3 is 10.4 Å². The van der Waals surface area contributed by atoms with Gasteiger partial charge in [-0.2, -0.15) is 11.8 Å². The Morgan fingerprint density at radius 2 is 1.94 bits per heavy atom. The van der Waals surface area contributed by atoms with E-state index < -0.39 is 12.0 Å². The van der Waals surface area contributed by atoms with E-state index in [1.54, 1.807) is 11.8 Å². The second-order valence-corrected chi connectivity index (χ2v) is 5.41. The minimum Gasteiger partial charge on any atom is -0.480 e. The maximum atomic E-state index is 12.0. The summed E-state index contributed by atoms with van der Waals surface area (Å²) in [5.74, 6) is -0.369. The topological polar surface area (TPSA) is 66.4 Å². The Labute approximate surface area is 114 Å². The first-order chi connectivity index (χ1) is 8.56. The van der Waals surface area contributed by atoms with Crippen LogP contribution in [0, 0.1) is 5.92 Å². The number of carbonyl (C=O) groups is 2. The molecule has 2 atom stereocenters. The Balaban J connectivity index is 4.32. The number of carboxylic acid groups (broad SMARTS) is 1. The summed E-state index contributed by atoms with van der Waals surface area (Å²) in [5.41, 5.74) is 0. The highest BCUT2D eigenvalue weighted by Gasteiger charge is 2.23. The molecule has 0 aliphatic carbocycles. The largest absolute Gasteiger partial charge is 0.480 e. The summed E-state index contributed by atoms with van der Waals surface area (Å²) in [7, 11) is 0. The van der Waals surface area contributed by atoms with Crippen molar-refractivity contribution in [2.24, 2.45) is 5.92 Å². The second kappa shape index (κ2) is 10.2. The predicted octanol–water partition coefficient (Wildman–Crippen LogP) is 2.53. The first-order valence-corrected chi connectivity index (χ1v) is 7.98. The Morgan fingerprint density at radius 1 is 1.28 bits per heavy atom. The molecule has 0 aliphatic heterocycles. The van der Waals surface area contributed by atoms with Gasteiger partial charge in [-0.3, -0.25) is 4.79 Å². The zero-order valence-electron chi connectivity index (χ0n) is 11.6. The zero-order valence-corrected chi connectivity index (χ0v) is 12.4. The van der Waals surface area contributed by atoms with Gasteiger partial charge in [-0.25, -0.2) is 4.79 Å². The van der Waals surface area contributed by atoms with Crippen molar-refractivity contribution >= 4 is 23.6 Å². The van der Waals surface area contributed by atoms with Crippen LogP contribution in [0.5, 0.6) is 0 Å². The van der Waals surface area contributed by atoms with Crippen molar-refractivity contribution in [2.45, 2.75) is 52.0 Å². The first-order valence-electron chi connectivity index (χ1n) is 6.58. The number of carboxylic acids is 1. The molecule has 0 fully saturated rings. The summed E-state index contributed by atoms with van der Waals surface area (Å²) < 4.78 is 0. The minimum atomic E-state index is -0.942. The first kappa shape index (κ1) is 17.3. The van der Waals surface area contributed by atoms with Crippen molar-refractivity contribution in [1.82, 2.24) is 5.32 Å². The number of amides is 1. The lowest BCUT2D eigenvalue weighted by Crippen LogP contribution is -2.43. The van der Waals surface area contributed by atoms with E-state index in [9.17, 15) is 9.59 Å². The van der Waals surface area contributed by atoms with Crippen molar-refractivity contribution < 1.29 is 14.7 Å². The van der Waals surface area contributed by atoms with Crippen LogP contribution < -0.4 is 5.32 Å².